The molecule has 4 nitrogen and oxygen atoms in total. The molecule has 0 saturated heterocycles. The van der Waals surface area contributed by atoms with Crippen molar-refractivity contribution in [3.8, 4) is 11.5 Å². The predicted octanol–water partition coefficient (Wildman–Crippen LogP) is 4.06. The second kappa shape index (κ2) is 10.2. The minimum absolute atomic E-state index is 0.0990. The van der Waals surface area contributed by atoms with E-state index in [2.05, 4.69) is 10.1 Å². The molecular weight excluding hydrogens is 340 g/mol. The molecule has 1 N–H and O–H groups in total. The molecule has 1 amide bonds. The Balaban J connectivity index is 1.89. The fraction of sp³-hybridized carbons (Fsp3) is 0.250. The number of hydrogen-bond acceptors (Lipinski definition) is 3. The van der Waals surface area contributed by atoms with E-state index in [1.54, 1.807) is 12.1 Å². The van der Waals surface area contributed by atoms with Gasteiger partial charge in [-0.15, -0.1) is 0 Å². The Morgan fingerprint density at radius 1 is 1.15 bits per heavy atom. The predicted molar refractivity (Wildman–Crippen MR) is 96.4 cm³/mol. The maximum absolute atomic E-state index is 12.6. The average molecular weight is 361 g/mol. The molecular formula is C20H21F2NO3. The van der Waals surface area contributed by atoms with Gasteiger partial charge in [-0.3, -0.25) is 4.79 Å². The van der Waals surface area contributed by atoms with Crippen LogP contribution in [0.5, 0.6) is 11.5 Å². The summed E-state index contributed by atoms with van der Waals surface area (Å²) in [6.45, 7) is -2.46. The third-order valence-corrected chi connectivity index (χ3v) is 3.63. The Morgan fingerprint density at radius 3 is 2.62 bits per heavy atom. The van der Waals surface area contributed by atoms with Gasteiger partial charge in [-0.1, -0.05) is 42.5 Å². The number of halogens is 2. The van der Waals surface area contributed by atoms with Crippen molar-refractivity contribution < 1.29 is 23.0 Å². The number of benzene rings is 2. The van der Waals surface area contributed by atoms with Crippen LogP contribution >= 0.6 is 0 Å². The monoisotopic (exact) mass is 361 g/mol. The van der Waals surface area contributed by atoms with Crippen molar-refractivity contribution in [3.63, 3.8) is 0 Å². The molecule has 2 rings (SSSR count). The largest absolute Gasteiger partial charge is 0.493 e. The molecule has 26 heavy (non-hydrogen) atoms. The molecule has 0 saturated carbocycles. The smallest absolute Gasteiger partial charge is 0.387 e. The number of para-hydroxylation sites is 1. The molecule has 0 unspecified atom stereocenters. The van der Waals surface area contributed by atoms with Crippen LogP contribution in [0.1, 0.15) is 17.5 Å². The Morgan fingerprint density at radius 2 is 1.92 bits per heavy atom. The summed E-state index contributed by atoms with van der Waals surface area (Å²) in [4.78, 5) is 11.9. The topological polar surface area (TPSA) is 47.6 Å². The van der Waals surface area contributed by atoms with Gasteiger partial charge in [0.2, 0.25) is 5.91 Å². The van der Waals surface area contributed by atoms with Gasteiger partial charge in [0.1, 0.15) is 0 Å². The number of amides is 1. The van der Waals surface area contributed by atoms with Gasteiger partial charge >= 0.3 is 6.61 Å². The summed E-state index contributed by atoms with van der Waals surface area (Å²) in [5.74, 6) is -0.224. The number of rotatable bonds is 9. The van der Waals surface area contributed by atoms with Gasteiger partial charge in [0.25, 0.3) is 0 Å². The molecule has 0 heterocycles. The van der Waals surface area contributed by atoms with Gasteiger partial charge in [-0.25, -0.2) is 0 Å². The lowest BCUT2D eigenvalue weighted by Crippen LogP contribution is -2.22. The van der Waals surface area contributed by atoms with Crippen LogP contribution in [0.25, 0.3) is 6.08 Å². The van der Waals surface area contributed by atoms with E-state index in [-0.39, 0.29) is 17.4 Å². The summed E-state index contributed by atoms with van der Waals surface area (Å²) >= 11 is 0. The molecule has 6 heteroatoms. The van der Waals surface area contributed by atoms with Crippen molar-refractivity contribution in [2.24, 2.45) is 0 Å². The van der Waals surface area contributed by atoms with Crippen LogP contribution in [0.2, 0.25) is 0 Å². The highest BCUT2D eigenvalue weighted by Crippen LogP contribution is 2.33. The first kappa shape index (κ1) is 19.4. The molecule has 0 radical (unpaired) electrons. The van der Waals surface area contributed by atoms with Crippen LogP contribution in [0.15, 0.2) is 54.6 Å². The standard InChI is InChI=1S/C20H21F2NO3/c1-25-17-11-5-10-16(19(17)26-20(21)22)12-13-18(24)23-14-6-9-15-7-3-2-4-8-15/h2-5,7-8,10-13,20H,6,9,14H2,1H3,(H,23,24)/b13-12+. The van der Waals surface area contributed by atoms with Gasteiger partial charge in [-0.2, -0.15) is 8.78 Å². The first-order chi connectivity index (χ1) is 12.6. The lowest BCUT2D eigenvalue weighted by molar-refractivity contribution is -0.116. The zero-order valence-electron chi connectivity index (χ0n) is 14.5. The van der Waals surface area contributed by atoms with Crippen LogP contribution in [0, 0.1) is 0 Å². The van der Waals surface area contributed by atoms with E-state index in [1.807, 2.05) is 30.3 Å². The molecule has 138 valence electrons. The lowest BCUT2D eigenvalue weighted by Gasteiger charge is -2.12. The minimum Gasteiger partial charge on any atom is -0.493 e. The molecule has 2 aromatic rings. The second-order valence-electron chi connectivity index (χ2n) is 5.47. The van der Waals surface area contributed by atoms with E-state index in [9.17, 15) is 13.6 Å². The Kier molecular flexibility index (Phi) is 7.61. The van der Waals surface area contributed by atoms with Crippen molar-refractivity contribution >= 4 is 12.0 Å². The number of alkyl halides is 2. The van der Waals surface area contributed by atoms with Gasteiger partial charge in [-0.05, 0) is 30.5 Å². The van der Waals surface area contributed by atoms with Crippen LogP contribution in [-0.2, 0) is 11.2 Å². The van der Waals surface area contributed by atoms with E-state index in [4.69, 9.17) is 4.74 Å². The summed E-state index contributed by atoms with van der Waals surface area (Å²) in [7, 11) is 1.36. The molecule has 0 bridgehead atoms. The van der Waals surface area contributed by atoms with Crippen molar-refractivity contribution in [2.45, 2.75) is 19.5 Å². The first-order valence-corrected chi connectivity index (χ1v) is 8.22. The zero-order chi connectivity index (χ0) is 18.8. The van der Waals surface area contributed by atoms with E-state index in [0.29, 0.717) is 12.1 Å². The van der Waals surface area contributed by atoms with Gasteiger partial charge < -0.3 is 14.8 Å². The van der Waals surface area contributed by atoms with Crippen LogP contribution < -0.4 is 14.8 Å². The first-order valence-electron chi connectivity index (χ1n) is 8.22. The van der Waals surface area contributed by atoms with Crippen molar-refractivity contribution in [1.29, 1.82) is 0 Å². The molecule has 0 aliphatic heterocycles. The van der Waals surface area contributed by atoms with Crippen molar-refractivity contribution in [3.05, 3.63) is 65.7 Å². The normalized spacial score (nSPS) is 10.9. The molecule has 0 atom stereocenters. The quantitative estimate of drug-likeness (QED) is 0.541. The van der Waals surface area contributed by atoms with Crippen LogP contribution in [0.3, 0.4) is 0 Å². The number of hydrogen-bond donors (Lipinski definition) is 1. The summed E-state index contributed by atoms with van der Waals surface area (Å²) in [5.41, 5.74) is 1.55. The molecule has 0 spiro atoms. The molecule has 0 fully saturated rings. The number of nitrogens with one attached hydrogen (secondary N) is 1. The Hall–Kier alpha value is -2.89. The maximum atomic E-state index is 12.6. The van der Waals surface area contributed by atoms with E-state index < -0.39 is 6.61 Å². The molecule has 0 aromatic heterocycles. The lowest BCUT2D eigenvalue weighted by atomic mass is 10.1. The highest BCUT2D eigenvalue weighted by Gasteiger charge is 2.13. The molecule has 2 aromatic carbocycles. The fourth-order valence-electron chi connectivity index (χ4n) is 2.41. The maximum Gasteiger partial charge on any atom is 0.387 e. The van der Waals surface area contributed by atoms with Crippen molar-refractivity contribution in [2.75, 3.05) is 13.7 Å². The van der Waals surface area contributed by atoms with E-state index >= 15 is 0 Å². The molecule has 0 aliphatic rings. The van der Waals surface area contributed by atoms with Gasteiger partial charge in [0, 0.05) is 18.2 Å². The van der Waals surface area contributed by atoms with Crippen molar-refractivity contribution in [1.82, 2.24) is 5.32 Å². The van der Waals surface area contributed by atoms with Gasteiger partial charge in [0.15, 0.2) is 11.5 Å². The SMILES string of the molecule is COc1cccc(/C=C/C(=O)NCCCc2ccccc2)c1OC(F)F. The highest BCUT2D eigenvalue weighted by molar-refractivity contribution is 5.92. The van der Waals surface area contributed by atoms with E-state index in [1.165, 1.54) is 30.9 Å². The number of methoxy groups -OCH3 is 1. The molecule has 0 aliphatic carbocycles. The summed E-state index contributed by atoms with van der Waals surface area (Å²) < 4.78 is 34.7. The fourth-order valence-corrected chi connectivity index (χ4v) is 2.41. The summed E-state index contributed by atoms with van der Waals surface area (Å²) in [5, 5.41) is 2.77. The van der Waals surface area contributed by atoms with E-state index in [0.717, 1.165) is 12.8 Å². The number of ether oxygens (including phenoxy) is 2. The zero-order valence-corrected chi connectivity index (χ0v) is 14.5. The number of aryl methyl sites for hydroxylation is 1. The number of carbonyl (C=O) groups is 1. The van der Waals surface area contributed by atoms with Crippen LogP contribution in [0.4, 0.5) is 8.78 Å². The average Bonchev–Trinajstić information content (AvgIpc) is 2.64. The third kappa shape index (κ3) is 6.20. The van der Waals surface area contributed by atoms with Crippen LogP contribution in [-0.4, -0.2) is 26.2 Å². The summed E-state index contributed by atoms with van der Waals surface area (Å²) in [6, 6.07) is 14.7. The Bertz CT molecular complexity index is 733. The van der Waals surface area contributed by atoms with Gasteiger partial charge in [0.05, 0.1) is 7.11 Å². The summed E-state index contributed by atoms with van der Waals surface area (Å²) in [6.07, 6.45) is 4.39. The second-order valence-corrected chi connectivity index (χ2v) is 5.47. The number of carbonyl (C=O) groups excluding carboxylic acids is 1. The Labute approximate surface area is 151 Å². The minimum atomic E-state index is -2.98. The highest BCUT2D eigenvalue weighted by atomic mass is 19.3. The third-order valence-electron chi connectivity index (χ3n) is 3.63.